The third-order valence-corrected chi connectivity index (χ3v) is 2.94. The minimum absolute atomic E-state index is 0.148. The van der Waals surface area contributed by atoms with Gasteiger partial charge in [0.25, 0.3) is 5.91 Å². The van der Waals surface area contributed by atoms with Crippen LogP contribution in [-0.4, -0.2) is 10.9 Å². The highest BCUT2D eigenvalue weighted by Gasteiger charge is 2.09. The number of carbonyl (C=O) groups excluding carboxylic acids is 1. The molecule has 86 valence electrons. The third kappa shape index (κ3) is 2.91. The second kappa shape index (κ2) is 5.10. The van der Waals surface area contributed by atoms with Gasteiger partial charge in [-0.3, -0.25) is 9.78 Å². The number of rotatable bonds is 2. The summed E-state index contributed by atoms with van der Waals surface area (Å²) < 4.78 is 0.791. The summed E-state index contributed by atoms with van der Waals surface area (Å²) in [5.41, 5.74) is 2.40. The van der Waals surface area contributed by atoms with Crippen molar-refractivity contribution >= 4 is 27.5 Å². The fraction of sp³-hybridized carbons (Fsp3) is 0.0769. The van der Waals surface area contributed by atoms with Crippen LogP contribution >= 0.6 is 15.9 Å². The highest BCUT2D eigenvalue weighted by Crippen LogP contribution is 2.19. The summed E-state index contributed by atoms with van der Waals surface area (Å²) in [6, 6.07) is 9.19. The molecule has 3 nitrogen and oxygen atoms in total. The van der Waals surface area contributed by atoms with Crippen LogP contribution in [0.2, 0.25) is 0 Å². The van der Waals surface area contributed by atoms with Crippen LogP contribution in [0, 0.1) is 6.92 Å². The van der Waals surface area contributed by atoms with Crippen molar-refractivity contribution in [3.63, 3.8) is 0 Å². The normalized spacial score (nSPS) is 10.0. The van der Waals surface area contributed by atoms with Gasteiger partial charge in [-0.05, 0) is 52.7 Å². The van der Waals surface area contributed by atoms with Crippen LogP contribution in [0.25, 0.3) is 0 Å². The Kier molecular flexibility index (Phi) is 3.54. The molecular weight excluding hydrogens is 280 g/mol. The van der Waals surface area contributed by atoms with Gasteiger partial charge in [-0.2, -0.15) is 0 Å². The second-order valence-electron chi connectivity index (χ2n) is 3.68. The number of hydrogen-bond donors (Lipinski definition) is 1. The van der Waals surface area contributed by atoms with Gasteiger partial charge in [0.2, 0.25) is 0 Å². The van der Waals surface area contributed by atoms with Crippen molar-refractivity contribution in [2.75, 3.05) is 5.32 Å². The Morgan fingerprint density at radius 1 is 1.35 bits per heavy atom. The smallest absolute Gasteiger partial charge is 0.256 e. The number of nitrogens with one attached hydrogen (secondary N) is 1. The van der Waals surface area contributed by atoms with Gasteiger partial charge in [0.15, 0.2) is 0 Å². The van der Waals surface area contributed by atoms with Crippen molar-refractivity contribution in [2.24, 2.45) is 0 Å². The Morgan fingerprint density at radius 2 is 2.18 bits per heavy atom. The lowest BCUT2D eigenvalue weighted by Crippen LogP contribution is -2.12. The zero-order chi connectivity index (χ0) is 12.3. The number of hydrogen-bond acceptors (Lipinski definition) is 2. The minimum Gasteiger partial charge on any atom is -0.321 e. The fourth-order valence-corrected chi connectivity index (χ4v) is 2.11. The summed E-state index contributed by atoms with van der Waals surface area (Å²) >= 11 is 3.38. The summed E-state index contributed by atoms with van der Waals surface area (Å²) in [5.74, 6) is -0.148. The Bertz CT molecular complexity index is 540. The molecule has 0 atom stereocenters. The summed E-state index contributed by atoms with van der Waals surface area (Å²) in [7, 11) is 0. The molecule has 0 saturated carbocycles. The first-order valence-electron chi connectivity index (χ1n) is 5.14. The Balaban J connectivity index is 2.21. The molecule has 1 amide bonds. The van der Waals surface area contributed by atoms with Gasteiger partial charge in [0, 0.05) is 10.7 Å². The van der Waals surface area contributed by atoms with E-state index in [2.05, 4.69) is 26.2 Å². The SMILES string of the molecule is Cc1ccc(C(=O)Nc2cccnc2)c(Br)c1. The van der Waals surface area contributed by atoms with Gasteiger partial charge in [0.1, 0.15) is 0 Å². The summed E-state index contributed by atoms with van der Waals surface area (Å²) in [6.07, 6.45) is 3.28. The highest BCUT2D eigenvalue weighted by molar-refractivity contribution is 9.10. The molecule has 0 unspecified atom stereocenters. The Morgan fingerprint density at radius 3 is 2.82 bits per heavy atom. The van der Waals surface area contributed by atoms with Gasteiger partial charge < -0.3 is 5.32 Å². The first-order chi connectivity index (χ1) is 8.16. The van der Waals surface area contributed by atoms with Crippen molar-refractivity contribution in [3.05, 3.63) is 58.3 Å². The Hall–Kier alpha value is -1.68. The molecule has 0 fully saturated rings. The van der Waals surface area contributed by atoms with Crippen LogP contribution in [0.4, 0.5) is 5.69 Å². The van der Waals surface area contributed by atoms with Gasteiger partial charge in [0.05, 0.1) is 17.4 Å². The molecule has 1 aromatic heterocycles. The molecule has 2 rings (SSSR count). The number of amides is 1. The van der Waals surface area contributed by atoms with Gasteiger partial charge in [-0.25, -0.2) is 0 Å². The molecule has 0 saturated heterocycles. The number of halogens is 1. The lowest BCUT2D eigenvalue weighted by Gasteiger charge is -2.06. The number of pyridine rings is 1. The largest absolute Gasteiger partial charge is 0.321 e. The lowest BCUT2D eigenvalue weighted by atomic mass is 10.1. The van der Waals surface area contributed by atoms with E-state index >= 15 is 0 Å². The molecule has 1 N–H and O–H groups in total. The molecule has 1 aromatic carbocycles. The Labute approximate surface area is 108 Å². The van der Waals surface area contributed by atoms with E-state index in [0.717, 1.165) is 10.0 Å². The molecule has 2 aromatic rings. The summed E-state index contributed by atoms with van der Waals surface area (Å²) in [6.45, 7) is 1.98. The van der Waals surface area contributed by atoms with E-state index in [-0.39, 0.29) is 5.91 Å². The molecule has 1 heterocycles. The number of carbonyl (C=O) groups is 1. The summed E-state index contributed by atoms with van der Waals surface area (Å²) in [5, 5.41) is 2.79. The lowest BCUT2D eigenvalue weighted by molar-refractivity contribution is 0.102. The van der Waals surface area contributed by atoms with Crippen molar-refractivity contribution in [1.82, 2.24) is 4.98 Å². The van der Waals surface area contributed by atoms with Crippen LogP contribution in [-0.2, 0) is 0 Å². The van der Waals surface area contributed by atoms with E-state index in [1.54, 1.807) is 30.6 Å². The molecule has 4 heteroatoms. The molecular formula is C13H11BrN2O. The minimum atomic E-state index is -0.148. The quantitative estimate of drug-likeness (QED) is 0.921. The molecule has 0 spiro atoms. The molecule has 17 heavy (non-hydrogen) atoms. The maximum absolute atomic E-state index is 12.0. The standard InChI is InChI=1S/C13H11BrN2O/c1-9-4-5-11(12(14)7-9)13(17)16-10-3-2-6-15-8-10/h2-8H,1H3,(H,16,17). The van der Waals surface area contributed by atoms with Crippen molar-refractivity contribution in [1.29, 1.82) is 0 Å². The summed E-state index contributed by atoms with van der Waals surface area (Å²) in [4.78, 5) is 15.9. The zero-order valence-corrected chi connectivity index (χ0v) is 10.9. The average molecular weight is 291 g/mol. The first kappa shape index (κ1) is 11.8. The second-order valence-corrected chi connectivity index (χ2v) is 4.53. The van der Waals surface area contributed by atoms with Crippen LogP contribution < -0.4 is 5.32 Å². The monoisotopic (exact) mass is 290 g/mol. The fourth-order valence-electron chi connectivity index (χ4n) is 1.44. The predicted octanol–water partition coefficient (Wildman–Crippen LogP) is 3.40. The van der Waals surface area contributed by atoms with Crippen molar-refractivity contribution < 1.29 is 4.79 Å². The van der Waals surface area contributed by atoms with E-state index in [4.69, 9.17) is 0 Å². The highest BCUT2D eigenvalue weighted by atomic mass is 79.9. The van der Waals surface area contributed by atoms with Crippen LogP contribution in [0.5, 0.6) is 0 Å². The number of aryl methyl sites for hydroxylation is 1. The number of nitrogens with zero attached hydrogens (tertiary/aromatic N) is 1. The number of anilines is 1. The van der Waals surface area contributed by atoms with Gasteiger partial charge in [-0.1, -0.05) is 6.07 Å². The molecule has 0 aliphatic carbocycles. The third-order valence-electron chi connectivity index (χ3n) is 2.29. The van der Waals surface area contributed by atoms with Crippen LogP contribution in [0.1, 0.15) is 15.9 Å². The van der Waals surface area contributed by atoms with Gasteiger partial charge in [-0.15, -0.1) is 0 Å². The van der Waals surface area contributed by atoms with E-state index < -0.39 is 0 Å². The zero-order valence-electron chi connectivity index (χ0n) is 9.27. The van der Waals surface area contributed by atoms with E-state index in [0.29, 0.717) is 11.3 Å². The average Bonchev–Trinajstić information content (AvgIpc) is 2.30. The van der Waals surface area contributed by atoms with E-state index in [1.807, 2.05) is 19.1 Å². The maximum atomic E-state index is 12.0. The topological polar surface area (TPSA) is 42.0 Å². The van der Waals surface area contributed by atoms with Crippen LogP contribution in [0.3, 0.4) is 0 Å². The molecule has 0 aliphatic rings. The van der Waals surface area contributed by atoms with Crippen molar-refractivity contribution in [2.45, 2.75) is 6.92 Å². The molecule has 0 bridgehead atoms. The molecule has 0 aliphatic heterocycles. The van der Waals surface area contributed by atoms with E-state index in [9.17, 15) is 4.79 Å². The molecule has 0 radical (unpaired) electrons. The number of benzene rings is 1. The number of aromatic nitrogens is 1. The maximum Gasteiger partial charge on any atom is 0.256 e. The predicted molar refractivity (Wildman–Crippen MR) is 71.1 cm³/mol. The van der Waals surface area contributed by atoms with Crippen molar-refractivity contribution in [3.8, 4) is 0 Å². The van der Waals surface area contributed by atoms with Crippen LogP contribution in [0.15, 0.2) is 47.2 Å². The first-order valence-corrected chi connectivity index (χ1v) is 5.93. The van der Waals surface area contributed by atoms with Gasteiger partial charge >= 0.3 is 0 Å². The van der Waals surface area contributed by atoms with E-state index in [1.165, 1.54) is 0 Å².